The van der Waals surface area contributed by atoms with Crippen molar-refractivity contribution in [1.82, 2.24) is 9.47 Å². The Morgan fingerprint density at radius 2 is 1.77 bits per heavy atom. The number of nitrogens with zero attached hydrogens (tertiary/aromatic N) is 2. The molecule has 0 aliphatic rings. The van der Waals surface area contributed by atoms with E-state index in [1.54, 1.807) is 6.08 Å². The zero-order valence-electron chi connectivity index (χ0n) is 18.5. The average Bonchev–Trinajstić information content (AvgIpc) is 3.17. The van der Waals surface area contributed by atoms with E-state index in [1.807, 2.05) is 41.3 Å². The number of carbonyl (C=O) groups is 1. The molecule has 0 saturated heterocycles. The fourth-order valence-corrected chi connectivity index (χ4v) is 3.54. The summed E-state index contributed by atoms with van der Waals surface area (Å²) in [6.45, 7) is 9.98. The molecule has 156 valence electrons. The summed E-state index contributed by atoms with van der Waals surface area (Å²) in [4.78, 5) is 15.1. The van der Waals surface area contributed by atoms with Crippen LogP contribution in [0.2, 0.25) is 0 Å². The van der Waals surface area contributed by atoms with Gasteiger partial charge in [-0.2, -0.15) is 0 Å². The summed E-state index contributed by atoms with van der Waals surface area (Å²) in [6.07, 6.45) is 5.69. The molecule has 30 heavy (non-hydrogen) atoms. The first-order chi connectivity index (χ1) is 14.4. The highest BCUT2D eigenvalue weighted by Crippen LogP contribution is 2.18. The van der Waals surface area contributed by atoms with E-state index >= 15 is 0 Å². The molecule has 0 aliphatic carbocycles. The first-order valence-electron chi connectivity index (χ1n) is 10.7. The molecule has 2 aromatic carbocycles. The van der Waals surface area contributed by atoms with E-state index in [2.05, 4.69) is 74.9 Å². The summed E-state index contributed by atoms with van der Waals surface area (Å²) in [5.74, 6) is 0.419. The lowest BCUT2D eigenvalue weighted by molar-refractivity contribution is -0.129. The zero-order valence-corrected chi connectivity index (χ0v) is 18.5. The third kappa shape index (κ3) is 5.73. The van der Waals surface area contributed by atoms with E-state index in [9.17, 15) is 4.79 Å². The highest BCUT2D eigenvalue weighted by Gasteiger charge is 2.22. The van der Waals surface area contributed by atoms with Crippen LogP contribution in [0.15, 0.2) is 79.0 Å². The minimum absolute atomic E-state index is 0.0448. The Bertz CT molecular complexity index is 985. The SMILES string of the molecule is Cc1cccc(Cn2cccc2CN(C(=O)/C=C/c2ccccc2)[C@@H](C)C(C)C)c1. The molecule has 3 rings (SSSR count). The highest BCUT2D eigenvalue weighted by atomic mass is 16.2. The van der Waals surface area contributed by atoms with Crippen molar-refractivity contribution in [2.24, 2.45) is 5.92 Å². The van der Waals surface area contributed by atoms with E-state index in [-0.39, 0.29) is 11.9 Å². The van der Waals surface area contributed by atoms with Crippen LogP contribution >= 0.6 is 0 Å². The van der Waals surface area contributed by atoms with E-state index in [4.69, 9.17) is 0 Å². The lowest BCUT2D eigenvalue weighted by atomic mass is 10.0. The average molecular weight is 401 g/mol. The van der Waals surface area contributed by atoms with Gasteiger partial charge in [0.2, 0.25) is 5.91 Å². The van der Waals surface area contributed by atoms with Crippen LogP contribution in [0.25, 0.3) is 6.08 Å². The number of aryl methyl sites for hydroxylation is 1. The molecule has 0 bridgehead atoms. The third-order valence-electron chi connectivity index (χ3n) is 5.65. The van der Waals surface area contributed by atoms with Crippen LogP contribution in [0.1, 0.15) is 43.2 Å². The number of amides is 1. The Balaban J connectivity index is 1.80. The minimum Gasteiger partial charge on any atom is -0.345 e. The van der Waals surface area contributed by atoms with Gasteiger partial charge < -0.3 is 9.47 Å². The van der Waals surface area contributed by atoms with Gasteiger partial charge in [-0.25, -0.2) is 0 Å². The summed E-state index contributed by atoms with van der Waals surface area (Å²) in [5.41, 5.74) is 4.71. The molecule has 0 saturated carbocycles. The quantitative estimate of drug-likeness (QED) is 0.430. The molecule has 0 fully saturated rings. The summed E-state index contributed by atoms with van der Waals surface area (Å²) in [7, 11) is 0. The molecule has 1 amide bonds. The molecule has 0 radical (unpaired) electrons. The summed E-state index contributed by atoms with van der Waals surface area (Å²) < 4.78 is 2.24. The standard InChI is InChI=1S/C27H32N2O/c1-21(2)23(4)29(27(30)16-15-24-11-6-5-7-12-24)20-26-14-9-17-28(26)19-25-13-8-10-22(3)18-25/h5-18,21,23H,19-20H2,1-4H3/b16-15+/t23-/m0/s1. The van der Waals surface area contributed by atoms with Gasteiger partial charge in [0.1, 0.15) is 0 Å². The molecule has 1 heterocycles. The Morgan fingerprint density at radius 1 is 1.00 bits per heavy atom. The van der Waals surface area contributed by atoms with Gasteiger partial charge in [-0.15, -0.1) is 0 Å². The molecule has 0 N–H and O–H groups in total. The molecule has 3 heteroatoms. The van der Waals surface area contributed by atoms with Crippen LogP contribution in [-0.4, -0.2) is 21.4 Å². The Morgan fingerprint density at radius 3 is 2.47 bits per heavy atom. The first-order valence-corrected chi connectivity index (χ1v) is 10.7. The van der Waals surface area contributed by atoms with E-state index in [0.29, 0.717) is 12.5 Å². The third-order valence-corrected chi connectivity index (χ3v) is 5.65. The summed E-state index contributed by atoms with van der Waals surface area (Å²) in [6, 6.07) is 22.9. The number of hydrogen-bond acceptors (Lipinski definition) is 1. The molecular formula is C27H32N2O. The lowest BCUT2D eigenvalue weighted by Gasteiger charge is -2.31. The van der Waals surface area contributed by atoms with Crippen molar-refractivity contribution >= 4 is 12.0 Å². The van der Waals surface area contributed by atoms with Crippen molar-refractivity contribution < 1.29 is 4.79 Å². The fraction of sp³-hybridized carbons (Fsp3) is 0.296. The smallest absolute Gasteiger partial charge is 0.247 e. The normalized spacial score (nSPS) is 12.4. The number of hydrogen-bond donors (Lipinski definition) is 0. The predicted molar refractivity (Wildman–Crippen MR) is 125 cm³/mol. The van der Waals surface area contributed by atoms with Crippen LogP contribution in [0.3, 0.4) is 0 Å². The molecule has 0 spiro atoms. The van der Waals surface area contributed by atoms with Gasteiger partial charge in [0.25, 0.3) is 0 Å². The number of carbonyl (C=O) groups excluding carboxylic acids is 1. The van der Waals surface area contributed by atoms with Crippen LogP contribution < -0.4 is 0 Å². The Kier molecular flexibility index (Phi) is 7.29. The van der Waals surface area contributed by atoms with Crippen molar-refractivity contribution in [3.8, 4) is 0 Å². The zero-order chi connectivity index (χ0) is 21.5. The van der Waals surface area contributed by atoms with Crippen LogP contribution in [0.4, 0.5) is 0 Å². The summed E-state index contributed by atoms with van der Waals surface area (Å²) in [5, 5.41) is 0. The second kappa shape index (κ2) is 10.1. The number of aromatic nitrogens is 1. The molecule has 1 aromatic heterocycles. The summed E-state index contributed by atoms with van der Waals surface area (Å²) >= 11 is 0. The van der Waals surface area contributed by atoms with E-state index < -0.39 is 0 Å². The van der Waals surface area contributed by atoms with Gasteiger partial charge in [0.15, 0.2) is 0 Å². The maximum atomic E-state index is 13.1. The van der Waals surface area contributed by atoms with E-state index in [0.717, 1.165) is 17.8 Å². The molecule has 1 atom stereocenters. The molecule has 0 unspecified atom stereocenters. The van der Waals surface area contributed by atoms with Crippen molar-refractivity contribution in [3.05, 3.63) is 101 Å². The van der Waals surface area contributed by atoms with Crippen molar-refractivity contribution in [1.29, 1.82) is 0 Å². The fourth-order valence-electron chi connectivity index (χ4n) is 3.54. The van der Waals surface area contributed by atoms with Crippen molar-refractivity contribution in [2.75, 3.05) is 0 Å². The topological polar surface area (TPSA) is 25.2 Å². The monoisotopic (exact) mass is 400 g/mol. The van der Waals surface area contributed by atoms with Gasteiger partial charge in [-0.1, -0.05) is 74.0 Å². The molecule has 0 aliphatic heterocycles. The van der Waals surface area contributed by atoms with Gasteiger partial charge in [0.05, 0.1) is 6.54 Å². The predicted octanol–water partition coefficient (Wildman–Crippen LogP) is 5.93. The van der Waals surface area contributed by atoms with Gasteiger partial charge in [-0.3, -0.25) is 4.79 Å². The second-order valence-corrected chi connectivity index (χ2v) is 8.31. The van der Waals surface area contributed by atoms with Gasteiger partial charge in [-0.05, 0) is 49.1 Å². The molecule has 3 aromatic rings. The van der Waals surface area contributed by atoms with Crippen LogP contribution in [-0.2, 0) is 17.9 Å². The van der Waals surface area contributed by atoms with Crippen LogP contribution in [0.5, 0.6) is 0 Å². The minimum atomic E-state index is 0.0448. The van der Waals surface area contributed by atoms with E-state index in [1.165, 1.54) is 11.1 Å². The maximum Gasteiger partial charge on any atom is 0.247 e. The Labute approximate surface area is 180 Å². The maximum absolute atomic E-state index is 13.1. The molecule has 3 nitrogen and oxygen atoms in total. The van der Waals surface area contributed by atoms with Crippen molar-refractivity contribution in [3.63, 3.8) is 0 Å². The number of benzene rings is 2. The number of rotatable bonds is 8. The largest absolute Gasteiger partial charge is 0.345 e. The van der Waals surface area contributed by atoms with Crippen LogP contribution in [0, 0.1) is 12.8 Å². The molecular weight excluding hydrogens is 368 g/mol. The second-order valence-electron chi connectivity index (χ2n) is 8.31. The van der Waals surface area contributed by atoms with Gasteiger partial charge >= 0.3 is 0 Å². The lowest BCUT2D eigenvalue weighted by Crippen LogP contribution is -2.40. The van der Waals surface area contributed by atoms with Gasteiger partial charge in [0, 0.05) is 30.6 Å². The Hall–Kier alpha value is -3.07. The first kappa shape index (κ1) is 21.6. The van der Waals surface area contributed by atoms with Crippen molar-refractivity contribution in [2.45, 2.75) is 46.8 Å². The highest BCUT2D eigenvalue weighted by molar-refractivity contribution is 5.92.